The van der Waals surface area contributed by atoms with E-state index in [1.54, 1.807) is 19.1 Å². The highest BCUT2D eigenvalue weighted by Crippen LogP contribution is 2.31. The molecule has 0 fully saturated rings. The lowest BCUT2D eigenvalue weighted by molar-refractivity contribution is -0.118. The molecule has 3 N–H and O–H groups in total. The summed E-state index contributed by atoms with van der Waals surface area (Å²) in [5.41, 5.74) is 2.68. The lowest BCUT2D eigenvalue weighted by Gasteiger charge is -2.19. The fourth-order valence-electron chi connectivity index (χ4n) is 2.85. The van der Waals surface area contributed by atoms with E-state index in [-0.39, 0.29) is 11.8 Å². The van der Waals surface area contributed by atoms with Gasteiger partial charge in [-0.25, -0.2) is 4.79 Å². The number of carbonyl (C=O) groups excluding carboxylic acids is 1. The molecular weight excluding hydrogens is 354 g/mol. The fraction of sp³-hybridized carbons (Fsp3) is 0.211. The van der Waals surface area contributed by atoms with Gasteiger partial charge < -0.3 is 15.7 Å². The largest absolute Gasteiger partial charge is 0.465 e. The van der Waals surface area contributed by atoms with Gasteiger partial charge in [0.25, 0.3) is 0 Å². The van der Waals surface area contributed by atoms with E-state index in [2.05, 4.69) is 15.6 Å². The van der Waals surface area contributed by atoms with E-state index in [0.29, 0.717) is 22.8 Å². The van der Waals surface area contributed by atoms with Crippen molar-refractivity contribution in [1.29, 1.82) is 0 Å². The van der Waals surface area contributed by atoms with E-state index in [9.17, 15) is 9.59 Å². The van der Waals surface area contributed by atoms with Crippen LogP contribution in [0.15, 0.2) is 48.7 Å². The highest BCUT2D eigenvalue weighted by molar-refractivity contribution is 6.31. The molecule has 0 spiro atoms. The van der Waals surface area contributed by atoms with Crippen LogP contribution in [0.1, 0.15) is 24.9 Å². The molecule has 7 heteroatoms. The van der Waals surface area contributed by atoms with Crippen LogP contribution >= 0.6 is 11.6 Å². The third-order valence-corrected chi connectivity index (χ3v) is 4.39. The number of amides is 2. The molecule has 0 aliphatic carbocycles. The molecule has 2 heterocycles. The maximum atomic E-state index is 12.4. The van der Waals surface area contributed by atoms with E-state index in [4.69, 9.17) is 16.7 Å². The van der Waals surface area contributed by atoms with Gasteiger partial charge in [0.2, 0.25) is 5.91 Å². The van der Waals surface area contributed by atoms with Crippen LogP contribution in [0.5, 0.6) is 0 Å². The van der Waals surface area contributed by atoms with Crippen LogP contribution in [-0.4, -0.2) is 22.1 Å². The molecule has 2 bridgehead atoms. The van der Waals surface area contributed by atoms with Crippen molar-refractivity contribution in [2.75, 3.05) is 5.32 Å². The minimum absolute atomic E-state index is 0.189. The van der Waals surface area contributed by atoms with Gasteiger partial charge in [-0.2, -0.15) is 0 Å². The molecule has 0 saturated carbocycles. The Bertz CT molecular complexity index is 882. The molecule has 0 unspecified atom stereocenters. The van der Waals surface area contributed by atoms with Crippen LogP contribution in [0, 0.1) is 5.92 Å². The molecule has 2 amide bonds. The fourth-order valence-corrected chi connectivity index (χ4v) is 3.01. The standard InChI is InChI=1S/C19H18ClN3O3/c1-11-4-2-7-15(23-19(25)26)12-5-3-6-13(8-12)17-16(22-18(11)24)9-14(20)10-21-17/h2-6,8-11,15,23H,7H2,1H3,(H,22,24)(H,25,26)/t11-,15+/m1/s1. The molecule has 0 radical (unpaired) electrons. The van der Waals surface area contributed by atoms with Crippen molar-refractivity contribution in [3.63, 3.8) is 0 Å². The van der Waals surface area contributed by atoms with Crippen LogP contribution in [0.3, 0.4) is 0 Å². The van der Waals surface area contributed by atoms with Gasteiger partial charge in [-0.15, -0.1) is 0 Å². The first-order valence-corrected chi connectivity index (χ1v) is 8.54. The van der Waals surface area contributed by atoms with Crippen molar-refractivity contribution in [3.8, 4) is 11.3 Å². The van der Waals surface area contributed by atoms with Crippen LogP contribution < -0.4 is 10.6 Å². The van der Waals surface area contributed by atoms with Gasteiger partial charge in [0, 0.05) is 11.8 Å². The number of benzene rings is 1. The SMILES string of the molecule is C[C@@H]1C=CC[C@H](NC(=O)O)c2cccc(c2)-c2ncc(Cl)cc2NC1=O. The quantitative estimate of drug-likeness (QED) is 0.653. The number of halogens is 1. The van der Waals surface area contributed by atoms with E-state index in [0.717, 1.165) is 11.1 Å². The lowest BCUT2D eigenvalue weighted by atomic mass is 9.97. The third-order valence-electron chi connectivity index (χ3n) is 4.18. The first kappa shape index (κ1) is 17.9. The van der Waals surface area contributed by atoms with Gasteiger partial charge in [-0.3, -0.25) is 9.78 Å². The van der Waals surface area contributed by atoms with Crippen molar-refractivity contribution in [2.24, 2.45) is 5.92 Å². The van der Waals surface area contributed by atoms with E-state index < -0.39 is 12.1 Å². The first-order valence-electron chi connectivity index (χ1n) is 8.17. The number of pyridine rings is 1. The first-order chi connectivity index (χ1) is 12.4. The van der Waals surface area contributed by atoms with E-state index in [1.165, 1.54) is 6.20 Å². The highest BCUT2D eigenvalue weighted by Gasteiger charge is 2.19. The Morgan fingerprint density at radius 1 is 1.38 bits per heavy atom. The molecule has 1 aliphatic heterocycles. The number of aromatic nitrogens is 1. The van der Waals surface area contributed by atoms with Crippen molar-refractivity contribution in [2.45, 2.75) is 19.4 Å². The zero-order valence-corrected chi connectivity index (χ0v) is 14.8. The lowest BCUT2D eigenvalue weighted by Crippen LogP contribution is -2.26. The van der Waals surface area contributed by atoms with E-state index in [1.807, 2.05) is 30.3 Å². The predicted molar refractivity (Wildman–Crippen MR) is 100 cm³/mol. The number of hydrogen-bond donors (Lipinski definition) is 3. The normalized spacial score (nSPS) is 19.5. The number of hydrogen-bond acceptors (Lipinski definition) is 3. The number of fused-ring (bicyclic) bond motifs is 4. The topological polar surface area (TPSA) is 91.3 Å². The average molecular weight is 372 g/mol. The maximum absolute atomic E-state index is 12.4. The molecule has 0 saturated heterocycles. The Balaban J connectivity index is 2.14. The van der Waals surface area contributed by atoms with Crippen LogP contribution in [0.25, 0.3) is 11.3 Å². The zero-order chi connectivity index (χ0) is 18.7. The molecule has 26 heavy (non-hydrogen) atoms. The minimum Gasteiger partial charge on any atom is -0.465 e. The summed E-state index contributed by atoms with van der Waals surface area (Å²) < 4.78 is 0. The summed E-state index contributed by atoms with van der Waals surface area (Å²) in [4.78, 5) is 28.0. The van der Waals surface area contributed by atoms with Gasteiger partial charge >= 0.3 is 6.09 Å². The van der Waals surface area contributed by atoms with Gasteiger partial charge in [0.1, 0.15) is 0 Å². The average Bonchev–Trinajstić information content (AvgIpc) is 2.60. The summed E-state index contributed by atoms with van der Waals surface area (Å²) in [6.07, 6.45) is 4.43. The van der Waals surface area contributed by atoms with Gasteiger partial charge in [-0.05, 0) is 24.1 Å². The smallest absolute Gasteiger partial charge is 0.405 e. The molecule has 1 aromatic heterocycles. The summed E-state index contributed by atoms with van der Waals surface area (Å²) in [5, 5.41) is 15.0. The Hall–Kier alpha value is -2.86. The Morgan fingerprint density at radius 2 is 2.19 bits per heavy atom. The molecule has 2 atom stereocenters. The number of nitrogens with one attached hydrogen (secondary N) is 2. The van der Waals surface area contributed by atoms with Gasteiger partial charge in [-0.1, -0.05) is 48.9 Å². The van der Waals surface area contributed by atoms with Crippen LogP contribution in [-0.2, 0) is 4.79 Å². The second-order valence-corrected chi connectivity index (χ2v) is 6.56. The maximum Gasteiger partial charge on any atom is 0.405 e. The predicted octanol–water partition coefficient (Wildman–Crippen LogP) is 4.25. The number of carbonyl (C=O) groups is 2. The third kappa shape index (κ3) is 4.03. The molecule has 1 aromatic carbocycles. The molecule has 3 rings (SSSR count). The number of anilines is 1. The van der Waals surface area contributed by atoms with Gasteiger partial charge in [0.05, 0.1) is 28.4 Å². The Morgan fingerprint density at radius 3 is 2.96 bits per heavy atom. The Kier molecular flexibility index (Phi) is 5.23. The number of rotatable bonds is 1. The molecule has 134 valence electrons. The second-order valence-electron chi connectivity index (χ2n) is 6.12. The molecule has 1 aliphatic rings. The number of carboxylic acid groups (broad SMARTS) is 1. The molecule has 2 aromatic rings. The molecule has 6 nitrogen and oxygen atoms in total. The van der Waals surface area contributed by atoms with Crippen molar-refractivity contribution in [3.05, 3.63) is 59.3 Å². The molecular formula is C19H18ClN3O3. The monoisotopic (exact) mass is 371 g/mol. The summed E-state index contributed by atoms with van der Waals surface area (Å²) in [6, 6.07) is 8.66. The van der Waals surface area contributed by atoms with E-state index >= 15 is 0 Å². The Labute approximate surface area is 155 Å². The highest BCUT2D eigenvalue weighted by atomic mass is 35.5. The van der Waals surface area contributed by atoms with Crippen LogP contribution in [0.2, 0.25) is 5.02 Å². The van der Waals surface area contributed by atoms with Gasteiger partial charge in [0.15, 0.2) is 0 Å². The second kappa shape index (κ2) is 7.58. The summed E-state index contributed by atoms with van der Waals surface area (Å²) in [6.45, 7) is 1.77. The zero-order valence-electron chi connectivity index (χ0n) is 14.1. The number of nitrogens with zero attached hydrogens (tertiary/aromatic N) is 1. The summed E-state index contributed by atoms with van der Waals surface area (Å²) in [7, 11) is 0. The minimum atomic E-state index is -1.10. The van der Waals surface area contributed by atoms with Crippen molar-refractivity contribution >= 4 is 29.3 Å². The summed E-state index contributed by atoms with van der Waals surface area (Å²) in [5.74, 6) is -0.573. The van der Waals surface area contributed by atoms with Crippen molar-refractivity contribution in [1.82, 2.24) is 10.3 Å². The van der Waals surface area contributed by atoms with Crippen molar-refractivity contribution < 1.29 is 14.7 Å². The summed E-state index contributed by atoms with van der Waals surface area (Å²) >= 11 is 6.05. The van der Waals surface area contributed by atoms with Crippen LogP contribution in [0.4, 0.5) is 10.5 Å².